The summed E-state index contributed by atoms with van der Waals surface area (Å²) < 4.78 is 27.8. The first-order valence-corrected chi connectivity index (χ1v) is 13.3. The lowest BCUT2D eigenvalue weighted by Gasteiger charge is -2.20. The summed E-state index contributed by atoms with van der Waals surface area (Å²) in [4.78, 5) is 12.6. The molecule has 2 N–H and O–H groups in total. The Morgan fingerprint density at radius 1 is 1.06 bits per heavy atom. The van der Waals surface area contributed by atoms with Crippen molar-refractivity contribution >= 4 is 55.5 Å². The van der Waals surface area contributed by atoms with Gasteiger partial charge in [0, 0.05) is 24.5 Å². The maximum absolute atomic E-state index is 12.9. The zero-order chi connectivity index (χ0) is 23.1. The van der Waals surface area contributed by atoms with Crippen LogP contribution < -0.4 is 10.6 Å². The number of rotatable bonds is 10. The summed E-state index contributed by atoms with van der Waals surface area (Å²) in [7, 11) is -3.62. The maximum Gasteiger partial charge on any atom is 0.243 e. The van der Waals surface area contributed by atoms with E-state index in [1.165, 1.54) is 33.5 Å². The molecule has 1 aromatic heterocycles. The molecule has 0 unspecified atom stereocenters. The van der Waals surface area contributed by atoms with Gasteiger partial charge in [-0.2, -0.15) is 4.31 Å². The Hall–Kier alpha value is -2.47. The molecule has 8 nitrogen and oxygen atoms in total. The highest BCUT2D eigenvalue weighted by Crippen LogP contribution is 2.28. The first-order chi connectivity index (χ1) is 15.3. The van der Waals surface area contributed by atoms with Gasteiger partial charge in [0.1, 0.15) is 0 Å². The lowest BCUT2D eigenvalue weighted by atomic mass is 10.2. The van der Waals surface area contributed by atoms with Gasteiger partial charge in [0.05, 0.1) is 10.6 Å². The van der Waals surface area contributed by atoms with Crippen molar-refractivity contribution in [3.05, 3.63) is 54.1 Å². The number of nitrogens with one attached hydrogen (secondary N) is 2. The Bertz CT molecular complexity index is 1160. The highest BCUT2D eigenvalue weighted by Gasteiger charge is 2.24. The largest absolute Gasteiger partial charge is 0.330 e. The molecule has 0 saturated carbocycles. The summed E-state index contributed by atoms with van der Waals surface area (Å²) in [6, 6.07) is 14.5. The molecular formula is C21H25N5O3S3. The first kappa shape index (κ1) is 24.2. The molecule has 0 spiro atoms. The molecule has 0 bridgehead atoms. The Morgan fingerprint density at radius 3 is 2.47 bits per heavy atom. The fourth-order valence-electron chi connectivity index (χ4n) is 2.95. The summed E-state index contributed by atoms with van der Waals surface area (Å²) in [5, 5.41) is 14.8. The minimum atomic E-state index is -3.62. The van der Waals surface area contributed by atoms with Crippen molar-refractivity contribution in [2.45, 2.75) is 30.0 Å². The van der Waals surface area contributed by atoms with Gasteiger partial charge < -0.3 is 10.6 Å². The fourth-order valence-corrected chi connectivity index (χ4v) is 6.23. The van der Waals surface area contributed by atoms with Crippen LogP contribution in [-0.4, -0.2) is 47.7 Å². The molecule has 3 rings (SSSR count). The molecule has 0 aliphatic heterocycles. The highest BCUT2D eigenvalue weighted by molar-refractivity contribution is 8.01. The third kappa shape index (κ3) is 6.06. The average Bonchev–Trinajstić information content (AvgIpc) is 3.22. The monoisotopic (exact) mass is 491 g/mol. The van der Waals surface area contributed by atoms with E-state index in [1.54, 1.807) is 32.9 Å². The van der Waals surface area contributed by atoms with Crippen LogP contribution in [0.4, 0.5) is 16.5 Å². The standard InChI is InChI=1S/C21H25N5O3S3/c1-4-26(5-2)32(28,29)18-13-17(12-11-15(18)3)22-19(27)14-30-21-25-24-20(31-21)23-16-9-7-6-8-10-16/h6-13H,4-5,14H2,1-3H3,(H,22,27)(H,23,24). The van der Waals surface area contributed by atoms with E-state index in [0.29, 0.717) is 33.8 Å². The van der Waals surface area contributed by atoms with Crippen LogP contribution in [0.15, 0.2) is 57.8 Å². The first-order valence-electron chi connectivity index (χ1n) is 10.0. The van der Waals surface area contributed by atoms with Crippen LogP contribution in [0.1, 0.15) is 19.4 Å². The smallest absolute Gasteiger partial charge is 0.243 e. The van der Waals surface area contributed by atoms with Crippen molar-refractivity contribution in [2.24, 2.45) is 0 Å². The Balaban J connectivity index is 1.61. The van der Waals surface area contributed by atoms with Gasteiger partial charge in [0.2, 0.25) is 21.1 Å². The number of aromatic nitrogens is 2. The van der Waals surface area contributed by atoms with E-state index in [4.69, 9.17) is 0 Å². The number of benzene rings is 2. The molecule has 2 aromatic carbocycles. The number of anilines is 3. The molecule has 170 valence electrons. The Morgan fingerprint density at radius 2 is 1.78 bits per heavy atom. The summed E-state index contributed by atoms with van der Waals surface area (Å²) in [6.07, 6.45) is 0. The van der Waals surface area contributed by atoms with Gasteiger partial charge in [-0.05, 0) is 36.8 Å². The van der Waals surface area contributed by atoms with Crippen molar-refractivity contribution < 1.29 is 13.2 Å². The van der Waals surface area contributed by atoms with Crippen molar-refractivity contribution in [1.29, 1.82) is 0 Å². The van der Waals surface area contributed by atoms with Crippen molar-refractivity contribution in [3.8, 4) is 0 Å². The molecule has 11 heteroatoms. The molecule has 0 atom stereocenters. The van der Waals surface area contributed by atoms with Crippen LogP contribution in [-0.2, 0) is 14.8 Å². The van der Waals surface area contributed by atoms with Crippen molar-refractivity contribution in [1.82, 2.24) is 14.5 Å². The van der Waals surface area contributed by atoms with Crippen LogP contribution in [0.25, 0.3) is 0 Å². The minimum Gasteiger partial charge on any atom is -0.330 e. The number of aryl methyl sites for hydroxylation is 1. The van der Waals surface area contributed by atoms with Crippen LogP contribution in [0, 0.1) is 6.92 Å². The molecule has 3 aromatic rings. The summed E-state index contributed by atoms with van der Waals surface area (Å²) >= 11 is 2.63. The number of para-hydroxylation sites is 1. The second-order valence-electron chi connectivity index (χ2n) is 6.77. The highest BCUT2D eigenvalue weighted by atomic mass is 32.2. The fraction of sp³-hybridized carbons (Fsp3) is 0.286. The van der Waals surface area contributed by atoms with Gasteiger partial charge in [-0.15, -0.1) is 10.2 Å². The molecule has 0 aliphatic carbocycles. The van der Waals surface area contributed by atoms with E-state index in [0.717, 1.165) is 5.69 Å². The second kappa shape index (κ2) is 10.9. The molecule has 1 amide bonds. The number of hydrogen-bond donors (Lipinski definition) is 2. The van der Waals surface area contributed by atoms with Gasteiger partial charge in [-0.25, -0.2) is 8.42 Å². The molecule has 32 heavy (non-hydrogen) atoms. The van der Waals surface area contributed by atoms with Crippen LogP contribution in [0.2, 0.25) is 0 Å². The number of thioether (sulfide) groups is 1. The van der Waals surface area contributed by atoms with E-state index in [-0.39, 0.29) is 16.6 Å². The number of amides is 1. The quantitative estimate of drug-likeness (QED) is 0.406. The van der Waals surface area contributed by atoms with Crippen molar-refractivity contribution in [3.63, 3.8) is 0 Å². The molecule has 0 aliphatic rings. The zero-order valence-corrected chi connectivity index (χ0v) is 20.5. The van der Waals surface area contributed by atoms with Crippen LogP contribution in [0.3, 0.4) is 0 Å². The summed E-state index contributed by atoms with van der Waals surface area (Å²) in [5.41, 5.74) is 1.99. The third-order valence-electron chi connectivity index (χ3n) is 4.55. The lowest BCUT2D eigenvalue weighted by molar-refractivity contribution is -0.113. The van der Waals surface area contributed by atoms with Gasteiger partial charge >= 0.3 is 0 Å². The predicted octanol–water partition coefficient (Wildman–Crippen LogP) is 4.35. The summed E-state index contributed by atoms with van der Waals surface area (Å²) in [6.45, 7) is 6.11. The SMILES string of the molecule is CCN(CC)S(=O)(=O)c1cc(NC(=O)CSc2nnc(Nc3ccccc3)s2)ccc1C. The second-order valence-corrected chi connectivity index (χ2v) is 10.9. The van der Waals surface area contributed by atoms with Gasteiger partial charge in [-0.1, -0.05) is 61.2 Å². The minimum absolute atomic E-state index is 0.131. The van der Waals surface area contributed by atoms with E-state index in [1.807, 2.05) is 30.3 Å². The molecule has 0 fully saturated rings. The Kier molecular flexibility index (Phi) is 8.24. The number of carbonyl (C=O) groups is 1. The number of nitrogens with zero attached hydrogens (tertiary/aromatic N) is 3. The molecule has 0 radical (unpaired) electrons. The molecular weight excluding hydrogens is 466 g/mol. The molecule has 0 saturated heterocycles. The topological polar surface area (TPSA) is 104 Å². The maximum atomic E-state index is 12.9. The van der Waals surface area contributed by atoms with Crippen LogP contribution in [0.5, 0.6) is 0 Å². The van der Waals surface area contributed by atoms with E-state index in [2.05, 4.69) is 20.8 Å². The number of sulfonamides is 1. The number of hydrogen-bond acceptors (Lipinski definition) is 8. The van der Waals surface area contributed by atoms with Gasteiger partial charge in [0.15, 0.2) is 4.34 Å². The zero-order valence-electron chi connectivity index (χ0n) is 18.0. The Labute approximate surface area is 196 Å². The van der Waals surface area contributed by atoms with Gasteiger partial charge in [-0.3, -0.25) is 4.79 Å². The van der Waals surface area contributed by atoms with E-state index in [9.17, 15) is 13.2 Å². The molecule has 1 heterocycles. The lowest BCUT2D eigenvalue weighted by Crippen LogP contribution is -2.31. The normalized spacial score (nSPS) is 11.5. The van der Waals surface area contributed by atoms with Crippen molar-refractivity contribution in [2.75, 3.05) is 29.5 Å². The third-order valence-corrected chi connectivity index (χ3v) is 8.72. The number of carbonyl (C=O) groups excluding carboxylic acids is 1. The van der Waals surface area contributed by atoms with E-state index < -0.39 is 10.0 Å². The average molecular weight is 492 g/mol. The van der Waals surface area contributed by atoms with Gasteiger partial charge in [0.25, 0.3) is 0 Å². The van der Waals surface area contributed by atoms with Crippen LogP contribution >= 0.6 is 23.1 Å². The summed E-state index contributed by atoms with van der Waals surface area (Å²) in [5.74, 6) is -0.121. The predicted molar refractivity (Wildman–Crippen MR) is 130 cm³/mol. The van der Waals surface area contributed by atoms with E-state index >= 15 is 0 Å².